The minimum absolute atomic E-state index is 0.0520. The zero-order chi connectivity index (χ0) is 12.4. The second-order valence-corrected chi connectivity index (χ2v) is 4.82. The third-order valence-electron chi connectivity index (χ3n) is 2.68. The van der Waals surface area contributed by atoms with Crippen molar-refractivity contribution in [2.75, 3.05) is 0 Å². The Hall–Kier alpha value is -2.14. The first-order valence-electron chi connectivity index (χ1n) is 5.57. The van der Waals surface area contributed by atoms with Crippen molar-refractivity contribution in [1.82, 2.24) is 13.7 Å². The molecule has 90 valence electrons. The van der Waals surface area contributed by atoms with E-state index in [4.69, 9.17) is 0 Å². The highest BCUT2D eigenvalue weighted by atomic mass is 32.1. The van der Waals surface area contributed by atoms with Crippen molar-refractivity contribution < 1.29 is 0 Å². The van der Waals surface area contributed by atoms with E-state index in [9.17, 15) is 4.79 Å². The number of nitrogens with zero attached hydrogens (tertiary/aromatic N) is 3. The summed E-state index contributed by atoms with van der Waals surface area (Å²) in [5, 5.41) is 5.98. The van der Waals surface area contributed by atoms with Gasteiger partial charge in [-0.3, -0.25) is 8.75 Å². The minimum atomic E-state index is 0.0520. The Morgan fingerprint density at radius 1 is 1.17 bits per heavy atom. The maximum absolute atomic E-state index is 11.4. The third-order valence-corrected chi connectivity index (χ3v) is 3.50. The summed E-state index contributed by atoms with van der Waals surface area (Å²) in [7, 11) is 0. The van der Waals surface area contributed by atoms with Crippen LogP contribution >= 0.6 is 11.5 Å². The van der Waals surface area contributed by atoms with Gasteiger partial charge in [-0.15, -0.1) is 0 Å². The third kappa shape index (κ3) is 2.12. The van der Waals surface area contributed by atoms with Crippen molar-refractivity contribution in [3.8, 4) is 5.69 Å². The molecule has 2 heterocycles. The highest BCUT2D eigenvalue weighted by Gasteiger charge is 2.00. The standard InChI is InChI=1S/C13H11N3OS/c17-13-6-9-18-16(13)10-11-2-4-12(5-3-11)15-8-1-7-14-15/h1-9H,10H2. The van der Waals surface area contributed by atoms with Gasteiger partial charge in [0.25, 0.3) is 5.56 Å². The molecule has 2 aromatic heterocycles. The Bertz CT molecular complexity index is 680. The quantitative estimate of drug-likeness (QED) is 0.721. The smallest absolute Gasteiger partial charge is 0.260 e. The van der Waals surface area contributed by atoms with Crippen molar-refractivity contribution in [3.63, 3.8) is 0 Å². The molecule has 0 bridgehead atoms. The molecule has 3 aromatic rings. The summed E-state index contributed by atoms with van der Waals surface area (Å²) >= 11 is 1.43. The van der Waals surface area contributed by atoms with Gasteiger partial charge < -0.3 is 0 Å². The van der Waals surface area contributed by atoms with Crippen molar-refractivity contribution in [3.05, 3.63) is 70.1 Å². The number of hydrogen-bond donors (Lipinski definition) is 0. The van der Waals surface area contributed by atoms with E-state index in [1.54, 1.807) is 26.3 Å². The second kappa shape index (κ2) is 4.62. The van der Waals surface area contributed by atoms with Crippen LogP contribution in [0.2, 0.25) is 0 Å². The maximum atomic E-state index is 11.4. The van der Waals surface area contributed by atoms with Gasteiger partial charge in [0.15, 0.2) is 0 Å². The lowest BCUT2D eigenvalue weighted by Gasteiger charge is -2.04. The molecule has 0 amide bonds. The number of rotatable bonds is 3. The van der Waals surface area contributed by atoms with Crippen LogP contribution in [0.4, 0.5) is 0 Å². The van der Waals surface area contributed by atoms with Crippen LogP contribution in [0.15, 0.2) is 59.0 Å². The van der Waals surface area contributed by atoms with E-state index in [1.165, 1.54) is 11.5 Å². The van der Waals surface area contributed by atoms with Crippen LogP contribution in [0.1, 0.15) is 5.56 Å². The lowest BCUT2D eigenvalue weighted by molar-refractivity contribution is 0.843. The summed E-state index contributed by atoms with van der Waals surface area (Å²) in [6, 6.07) is 11.5. The molecular formula is C13H11N3OS. The fraction of sp³-hybridized carbons (Fsp3) is 0.0769. The van der Waals surface area contributed by atoms with E-state index in [0.717, 1.165) is 11.3 Å². The Labute approximate surface area is 108 Å². The Morgan fingerprint density at radius 3 is 2.61 bits per heavy atom. The molecule has 0 fully saturated rings. The van der Waals surface area contributed by atoms with Gasteiger partial charge in [0.05, 0.1) is 12.2 Å². The molecule has 0 saturated carbocycles. The minimum Gasteiger partial charge on any atom is -0.268 e. The highest BCUT2D eigenvalue weighted by molar-refractivity contribution is 7.04. The van der Waals surface area contributed by atoms with E-state index in [-0.39, 0.29) is 5.56 Å². The number of hydrogen-bond acceptors (Lipinski definition) is 3. The van der Waals surface area contributed by atoms with E-state index in [2.05, 4.69) is 5.10 Å². The highest BCUT2D eigenvalue weighted by Crippen LogP contribution is 2.10. The van der Waals surface area contributed by atoms with Gasteiger partial charge in [-0.25, -0.2) is 4.68 Å². The van der Waals surface area contributed by atoms with E-state index in [0.29, 0.717) is 6.54 Å². The van der Waals surface area contributed by atoms with Gasteiger partial charge in [-0.1, -0.05) is 23.7 Å². The number of benzene rings is 1. The van der Waals surface area contributed by atoms with Gasteiger partial charge in [0.1, 0.15) is 0 Å². The first-order chi connectivity index (χ1) is 8.83. The molecule has 1 aromatic carbocycles. The average molecular weight is 257 g/mol. The molecule has 0 saturated heterocycles. The van der Waals surface area contributed by atoms with Gasteiger partial charge in [-0.2, -0.15) is 5.10 Å². The van der Waals surface area contributed by atoms with Gasteiger partial charge in [0.2, 0.25) is 0 Å². The Balaban J connectivity index is 1.84. The molecule has 18 heavy (non-hydrogen) atoms. The molecule has 3 rings (SSSR count). The molecule has 0 unspecified atom stereocenters. The fourth-order valence-corrected chi connectivity index (χ4v) is 2.47. The predicted molar refractivity (Wildman–Crippen MR) is 71.2 cm³/mol. The Kier molecular flexibility index (Phi) is 2.82. The monoisotopic (exact) mass is 257 g/mol. The summed E-state index contributed by atoms with van der Waals surface area (Å²) in [5.74, 6) is 0. The molecule has 0 radical (unpaired) electrons. The molecule has 0 atom stereocenters. The zero-order valence-corrected chi connectivity index (χ0v) is 10.4. The average Bonchev–Trinajstić information content (AvgIpc) is 3.03. The number of aromatic nitrogens is 3. The van der Waals surface area contributed by atoms with Crippen molar-refractivity contribution in [2.24, 2.45) is 0 Å². The molecule has 0 spiro atoms. The first-order valence-corrected chi connectivity index (χ1v) is 6.40. The SMILES string of the molecule is O=c1ccsn1Cc1ccc(-n2cccn2)cc1. The van der Waals surface area contributed by atoms with E-state index >= 15 is 0 Å². The van der Waals surface area contributed by atoms with Crippen molar-refractivity contribution in [1.29, 1.82) is 0 Å². The molecule has 5 heteroatoms. The van der Waals surface area contributed by atoms with Gasteiger partial charge >= 0.3 is 0 Å². The van der Waals surface area contributed by atoms with Gasteiger partial charge in [-0.05, 0) is 23.8 Å². The largest absolute Gasteiger partial charge is 0.268 e. The summed E-state index contributed by atoms with van der Waals surface area (Å²) in [4.78, 5) is 11.4. The zero-order valence-electron chi connectivity index (χ0n) is 9.56. The molecule has 0 N–H and O–H groups in total. The normalized spacial score (nSPS) is 10.7. The molecular weight excluding hydrogens is 246 g/mol. The Morgan fingerprint density at radius 2 is 2.00 bits per heavy atom. The summed E-state index contributed by atoms with van der Waals surface area (Å²) < 4.78 is 3.53. The summed E-state index contributed by atoms with van der Waals surface area (Å²) in [5.41, 5.74) is 2.17. The van der Waals surface area contributed by atoms with E-state index < -0.39 is 0 Å². The van der Waals surface area contributed by atoms with Crippen LogP contribution in [-0.4, -0.2) is 13.7 Å². The molecule has 4 nitrogen and oxygen atoms in total. The second-order valence-electron chi connectivity index (χ2n) is 3.90. The van der Waals surface area contributed by atoms with Crippen LogP contribution in [0.5, 0.6) is 0 Å². The predicted octanol–water partition coefficient (Wildman–Crippen LogP) is 2.14. The van der Waals surface area contributed by atoms with Crippen LogP contribution in [0.3, 0.4) is 0 Å². The van der Waals surface area contributed by atoms with Crippen molar-refractivity contribution >= 4 is 11.5 Å². The van der Waals surface area contributed by atoms with Crippen LogP contribution < -0.4 is 5.56 Å². The first kappa shape index (κ1) is 11.0. The summed E-state index contributed by atoms with van der Waals surface area (Å²) in [6.07, 6.45) is 3.65. The van der Waals surface area contributed by atoms with E-state index in [1.807, 2.05) is 36.5 Å². The molecule has 0 aliphatic heterocycles. The molecule has 0 aliphatic carbocycles. The maximum Gasteiger partial charge on any atom is 0.260 e. The summed E-state index contributed by atoms with van der Waals surface area (Å²) in [6.45, 7) is 0.621. The van der Waals surface area contributed by atoms with Crippen LogP contribution in [0, 0.1) is 0 Å². The van der Waals surface area contributed by atoms with Crippen LogP contribution in [-0.2, 0) is 6.54 Å². The lowest BCUT2D eigenvalue weighted by atomic mass is 10.2. The van der Waals surface area contributed by atoms with Gasteiger partial charge in [0, 0.05) is 23.8 Å². The van der Waals surface area contributed by atoms with Crippen molar-refractivity contribution in [2.45, 2.75) is 6.54 Å². The fourth-order valence-electron chi connectivity index (χ4n) is 1.75. The lowest BCUT2D eigenvalue weighted by Crippen LogP contribution is -2.12. The van der Waals surface area contributed by atoms with Crippen LogP contribution in [0.25, 0.3) is 5.69 Å². The molecule has 0 aliphatic rings. The topological polar surface area (TPSA) is 39.8 Å².